The minimum absolute atomic E-state index is 0.408. The number of aliphatic hydroxyl groups excluding tert-OH is 1. The summed E-state index contributed by atoms with van der Waals surface area (Å²) in [6.07, 6.45) is 2.18. The van der Waals surface area contributed by atoms with Crippen LogP contribution in [0.25, 0.3) is 0 Å². The van der Waals surface area contributed by atoms with Gasteiger partial charge in [0.1, 0.15) is 0 Å². The average Bonchev–Trinajstić information content (AvgIpc) is 3.16. The van der Waals surface area contributed by atoms with E-state index in [1.165, 1.54) is 24.0 Å². The summed E-state index contributed by atoms with van der Waals surface area (Å²) in [6, 6.07) is 8.43. The highest BCUT2D eigenvalue weighted by molar-refractivity contribution is 5.21. The van der Waals surface area contributed by atoms with Crippen LogP contribution in [-0.2, 0) is 11.3 Å². The van der Waals surface area contributed by atoms with Crippen LogP contribution in [0.5, 0.6) is 0 Å². The van der Waals surface area contributed by atoms with Crippen LogP contribution in [0.1, 0.15) is 24.0 Å². The summed E-state index contributed by atoms with van der Waals surface area (Å²) in [4.78, 5) is 0. The Morgan fingerprint density at radius 3 is 2.72 bits per heavy atom. The Morgan fingerprint density at radius 2 is 2.06 bits per heavy atom. The predicted molar refractivity (Wildman–Crippen MR) is 72.4 cm³/mol. The minimum atomic E-state index is -0.408. The van der Waals surface area contributed by atoms with E-state index in [-0.39, 0.29) is 0 Å². The quantitative estimate of drug-likeness (QED) is 0.739. The van der Waals surface area contributed by atoms with Crippen LogP contribution in [0.3, 0.4) is 0 Å². The molecule has 0 heterocycles. The van der Waals surface area contributed by atoms with Crippen LogP contribution in [-0.4, -0.2) is 31.0 Å². The number of aliphatic hydroxyl groups is 1. The molecule has 0 aromatic heterocycles. The largest absolute Gasteiger partial charge is 0.389 e. The molecule has 3 nitrogen and oxygen atoms in total. The van der Waals surface area contributed by atoms with Crippen molar-refractivity contribution in [2.75, 3.05) is 19.8 Å². The van der Waals surface area contributed by atoms with E-state index in [0.717, 1.165) is 19.1 Å². The van der Waals surface area contributed by atoms with E-state index in [1.807, 2.05) is 0 Å². The first-order valence-corrected chi connectivity index (χ1v) is 6.76. The van der Waals surface area contributed by atoms with Gasteiger partial charge in [-0.15, -0.1) is 0 Å². The van der Waals surface area contributed by atoms with Crippen molar-refractivity contribution in [3.05, 3.63) is 35.4 Å². The van der Waals surface area contributed by atoms with Gasteiger partial charge in [-0.2, -0.15) is 0 Å². The molecule has 2 rings (SSSR count). The molecule has 1 aromatic rings. The molecule has 0 radical (unpaired) electrons. The number of ether oxygens (including phenoxy) is 1. The summed E-state index contributed by atoms with van der Waals surface area (Å²) >= 11 is 0. The van der Waals surface area contributed by atoms with E-state index in [2.05, 4.69) is 36.5 Å². The molecule has 0 aliphatic heterocycles. The van der Waals surface area contributed by atoms with E-state index >= 15 is 0 Å². The van der Waals surface area contributed by atoms with Crippen molar-refractivity contribution >= 4 is 0 Å². The third-order valence-corrected chi connectivity index (χ3v) is 3.19. The fraction of sp³-hybridized carbons (Fsp3) is 0.600. The summed E-state index contributed by atoms with van der Waals surface area (Å²) in [5.41, 5.74) is 2.51. The maximum absolute atomic E-state index is 9.72. The maximum atomic E-state index is 9.72. The zero-order valence-electron chi connectivity index (χ0n) is 11.1. The van der Waals surface area contributed by atoms with Gasteiger partial charge in [0.05, 0.1) is 12.7 Å². The lowest BCUT2D eigenvalue weighted by Gasteiger charge is -2.12. The van der Waals surface area contributed by atoms with Crippen LogP contribution in [0.2, 0.25) is 0 Å². The second-order valence-electron chi connectivity index (χ2n) is 5.25. The van der Waals surface area contributed by atoms with Crippen molar-refractivity contribution in [2.24, 2.45) is 5.92 Å². The molecule has 1 aromatic carbocycles. The number of hydrogen-bond acceptors (Lipinski definition) is 3. The summed E-state index contributed by atoms with van der Waals surface area (Å²) in [7, 11) is 0. The molecule has 2 N–H and O–H groups in total. The Morgan fingerprint density at radius 1 is 1.33 bits per heavy atom. The lowest BCUT2D eigenvalue weighted by molar-refractivity contribution is 0.0324. The van der Waals surface area contributed by atoms with E-state index < -0.39 is 6.10 Å². The first-order chi connectivity index (χ1) is 8.74. The summed E-state index contributed by atoms with van der Waals surface area (Å²) in [5.74, 6) is 0.762. The fourth-order valence-corrected chi connectivity index (χ4v) is 1.80. The van der Waals surface area contributed by atoms with Gasteiger partial charge < -0.3 is 15.2 Å². The maximum Gasteiger partial charge on any atom is 0.0897 e. The monoisotopic (exact) mass is 249 g/mol. The standard InChI is InChI=1S/C15H23NO2/c1-12-2-4-13(5-3-12)8-16-9-15(17)11-18-10-14-6-7-14/h2-5,14-17H,6-11H2,1H3. The van der Waals surface area contributed by atoms with Crippen LogP contribution >= 0.6 is 0 Å². The van der Waals surface area contributed by atoms with Crippen molar-refractivity contribution in [2.45, 2.75) is 32.4 Å². The number of aryl methyl sites for hydroxylation is 1. The molecule has 1 atom stereocenters. The third kappa shape index (κ3) is 5.17. The fourth-order valence-electron chi connectivity index (χ4n) is 1.80. The van der Waals surface area contributed by atoms with Gasteiger partial charge in [-0.05, 0) is 31.2 Å². The lowest BCUT2D eigenvalue weighted by atomic mass is 10.1. The van der Waals surface area contributed by atoms with E-state index in [4.69, 9.17) is 4.74 Å². The van der Waals surface area contributed by atoms with Gasteiger partial charge in [0.15, 0.2) is 0 Å². The summed E-state index contributed by atoms with van der Waals surface area (Å²) in [6.45, 7) is 4.71. The Hall–Kier alpha value is -0.900. The molecule has 1 unspecified atom stereocenters. The van der Waals surface area contributed by atoms with Crippen LogP contribution in [0.4, 0.5) is 0 Å². The highest BCUT2D eigenvalue weighted by Crippen LogP contribution is 2.28. The van der Waals surface area contributed by atoms with Gasteiger partial charge in [-0.25, -0.2) is 0 Å². The van der Waals surface area contributed by atoms with Crippen molar-refractivity contribution in [3.8, 4) is 0 Å². The lowest BCUT2D eigenvalue weighted by Crippen LogP contribution is -2.30. The molecule has 0 amide bonds. The SMILES string of the molecule is Cc1ccc(CNCC(O)COCC2CC2)cc1. The van der Waals surface area contributed by atoms with Gasteiger partial charge in [0, 0.05) is 19.7 Å². The Kier molecular flexibility index (Phi) is 5.17. The highest BCUT2D eigenvalue weighted by atomic mass is 16.5. The van der Waals surface area contributed by atoms with Crippen LogP contribution in [0.15, 0.2) is 24.3 Å². The molecule has 0 spiro atoms. The summed E-state index contributed by atoms with van der Waals surface area (Å²) in [5, 5.41) is 13.0. The number of benzene rings is 1. The Labute approximate surface area is 109 Å². The first kappa shape index (κ1) is 13.5. The first-order valence-electron chi connectivity index (χ1n) is 6.76. The molecule has 1 aliphatic rings. The molecule has 3 heteroatoms. The van der Waals surface area contributed by atoms with Crippen molar-refractivity contribution in [1.82, 2.24) is 5.32 Å². The second-order valence-corrected chi connectivity index (χ2v) is 5.25. The van der Waals surface area contributed by atoms with Gasteiger partial charge in [-0.3, -0.25) is 0 Å². The minimum Gasteiger partial charge on any atom is -0.389 e. The molecular weight excluding hydrogens is 226 g/mol. The topological polar surface area (TPSA) is 41.5 Å². The number of hydrogen-bond donors (Lipinski definition) is 2. The molecule has 100 valence electrons. The van der Waals surface area contributed by atoms with Crippen molar-refractivity contribution in [3.63, 3.8) is 0 Å². The molecule has 0 saturated heterocycles. The van der Waals surface area contributed by atoms with E-state index in [1.54, 1.807) is 0 Å². The number of rotatable bonds is 8. The van der Waals surface area contributed by atoms with E-state index in [9.17, 15) is 5.11 Å². The van der Waals surface area contributed by atoms with Gasteiger partial charge >= 0.3 is 0 Å². The second kappa shape index (κ2) is 6.88. The summed E-state index contributed by atoms with van der Waals surface area (Å²) < 4.78 is 5.45. The smallest absolute Gasteiger partial charge is 0.0897 e. The van der Waals surface area contributed by atoms with Gasteiger partial charge in [0.2, 0.25) is 0 Å². The zero-order valence-corrected chi connectivity index (χ0v) is 11.1. The molecular formula is C15H23NO2. The average molecular weight is 249 g/mol. The van der Waals surface area contributed by atoms with Crippen molar-refractivity contribution in [1.29, 1.82) is 0 Å². The molecule has 1 fully saturated rings. The Bertz CT molecular complexity index is 346. The van der Waals surface area contributed by atoms with E-state index in [0.29, 0.717) is 13.2 Å². The molecule has 1 aliphatic carbocycles. The van der Waals surface area contributed by atoms with Crippen LogP contribution in [0, 0.1) is 12.8 Å². The molecule has 1 saturated carbocycles. The predicted octanol–water partition coefficient (Wildman–Crippen LogP) is 1.87. The third-order valence-electron chi connectivity index (χ3n) is 3.19. The van der Waals surface area contributed by atoms with Crippen LogP contribution < -0.4 is 5.32 Å². The van der Waals surface area contributed by atoms with Crippen molar-refractivity contribution < 1.29 is 9.84 Å². The van der Waals surface area contributed by atoms with Gasteiger partial charge in [-0.1, -0.05) is 29.8 Å². The molecule has 18 heavy (non-hydrogen) atoms. The van der Waals surface area contributed by atoms with Gasteiger partial charge in [0.25, 0.3) is 0 Å². The highest BCUT2D eigenvalue weighted by Gasteiger charge is 2.21. The Balaban J connectivity index is 1.54. The molecule has 0 bridgehead atoms. The normalized spacial score (nSPS) is 16.8. The number of nitrogens with one attached hydrogen (secondary N) is 1. The zero-order chi connectivity index (χ0) is 12.8.